The Morgan fingerprint density at radius 3 is 2.47 bits per heavy atom. The van der Waals surface area contributed by atoms with Crippen molar-refractivity contribution >= 4 is 15.8 Å². The van der Waals surface area contributed by atoms with Crippen LogP contribution >= 0.6 is 0 Å². The lowest BCUT2D eigenvalue weighted by Crippen LogP contribution is -2.33. The van der Waals surface area contributed by atoms with E-state index in [0.717, 1.165) is 0 Å². The Hall–Kier alpha value is -0.620. The first-order valence-corrected chi connectivity index (χ1v) is 6.65. The normalized spacial score (nSPS) is 31.7. The summed E-state index contributed by atoms with van der Waals surface area (Å²) in [4.78, 5) is 11.0. The maximum Gasteiger partial charge on any atom is 0.312 e. The van der Waals surface area contributed by atoms with Gasteiger partial charge in [0.15, 0.2) is 9.84 Å². The SMILES string of the molecule is CCS(=O)(=O)C1CCC(CO)(C(=O)O)C1. The standard InChI is InChI=1S/C9H16O5S/c1-2-15(13,14)7-3-4-9(5-7,6-10)8(11)12/h7,10H,2-6H2,1H3,(H,11,12). The molecule has 2 N–H and O–H groups in total. The maximum atomic E-state index is 11.6. The van der Waals surface area contributed by atoms with Gasteiger partial charge in [0.25, 0.3) is 0 Å². The highest BCUT2D eigenvalue weighted by atomic mass is 32.2. The topological polar surface area (TPSA) is 91.7 Å². The fraction of sp³-hybridized carbons (Fsp3) is 0.889. The summed E-state index contributed by atoms with van der Waals surface area (Å²) in [5.41, 5.74) is -1.24. The van der Waals surface area contributed by atoms with Gasteiger partial charge in [0, 0.05) is 5.75 Å². The van der Waals surface area contributed by atoms with E-state index >= 15 is 0 Å². The Morgan fingerprint density at radius 1 is 1.53 bits per heavy atom. The molecule has 0 radical (unpaired) electrons. The second kappa shape index (κ2) is 4.09. The third-order valence-corrected chi connectivity index (χ3v) is 5.45. The van der Waals surface area contributed by atoms with E-state index in [2.05, 4.69) is 0 Å². The van der Waals surface area contributed by atoms with Gasteiger partial charge >= 0.3 is 5.97 Å². The van der Waals surface area contributed by atoms with E-state index in [0.29, 0.717) is 6.42 Å². The minimum absolute atomic E-state index is 0.0266. The van der Waals surface area contributed by atoms with Crippen molar-refractivity contribution in [1.29, 1.82) is 0 Å². The summed E-state index contributed by atoms with van der Waals surface area (Å²) in [6.07, 6.45) is 0.612. The summed E-state index contributed by atoms with van der Waals surface area (Å²) < 4.78 is 23.1. The van der Waals surface area contributed by atoms with Gasteiger partial charge in [0.2, 0.25) is 0 Å². The molecule has 15 heavy (non-hydrogen) atoms. The van der Waals surface area contributed by atoms with E-state index in [1.807, 2.05) is 0 Å². The van der Waals surface area contributed by atoms with Gasteiger partial charge in [-0.25, -0.2) is 8.42 Å². The Kier molecular flexibility index (Phi) is 3.40. The molecule has 88 valence electrons. The van der Waals surface area contributed by atoms with Crippen molar-refractivity contribution in [1.82, 2.24) is 0 Å². The first-order valence-electron chi connectivity index (χ1n) is 4.94. The van der Waals surface area contributed by atoms with Gasteiger partial charge < -0.3 is 10.2 Å². The van der Waals surface area contributed by atoms with Crippen LogP contribution in [0, 0.1) is 5.41 Å². The number of rotatable bonds is 4. The highest BCUT2D eigenvalue weighted by Gasteiger charge is 2.48. The smallest absolute Gasteiger partial charge is 0.312 e. The lowest BCUT2D eigenvalue weighted by Gasteiger charge is -2.20. The van der Waals surface area contributed by atoms with Crippen LogP contribution in [0.25, 0.3) is 0 Å². The molecule has 1 rings (SSSR count). The first kappa shape index (κ1) is 12.4. The molecular formula is C9H16O5S. The second-order valence-electron chi connectivity index (χ2n) is 4.06. The van der Waals surface area contributed by atoms with Crippen LogP contribution in [-0.4, -0.2) is 42.2 Å². The van der Waals surface area contributed by atoms with Gasteiger partial charge in [-0.2, -0.15) is 0 Å². The summed E-state index contributed by atoms with van der Waals surface area (Å²) in [6, 6.07) is 0. The number of sulfone groups is 1. The van der Waals surface area contributed by atoms with Gasteiger partial charge in [-0.3, -0.25) is 4.79 Å². The van der Waals surface area contributed by atoms with Crippen LogP contribution < -0.4 is 0 Å². The lowest BCUT2D eigenvalue weighted by atomic mass is 9.88. The number of aliphatic carboxylic acids is 1. The van der Waals surface area contributed by atoms with Crippen molar-refractivity contribution in [2.45, 2.75) is 31.4 Å². The van der Waals surface area contributed by atoms with Crippen LogP contribution in [0.1, 0.15) is 26.2 Å². The van der Waals surface area contributed by atoms with Crippen molar-refractivity contribution in [3.8, 4) is 0 Å². The Bertz CT molecular complexity index is 348. The second-order valence-corrected chi connectivity index (χ2v) is 6.63. The molecule has 0 aromatic rings. The molecule has 0 amide bonds. The minimum atomic E-state index is -3.19. The van der Waals surface area contributed by atoms with E-state index in [1.54, 1.807) is 6.92 Å². The molecule has 1 fully saturated rings. The van der Waals surface area contributed by atoms with E-state index in [4.69, 9.17) is 10.2 Å². The number of aliphatic hydroxyl groups is 1. The van der Waals surface area contributed by atoms with Crippen molar-refractivity contribution < 1.29 is 23.4 Å². The fourth-order valence-corrected chi connectivity index (χ4v) is 3.55. The number of aliphatic hydroxyl groups excluding tert-OH is 1. The van der Waals surface area contributed by atoms with Crippen molar-refractivity contribution in [2.24, 2.45) is 5.41 Å². The molecular weight excluding hydrogens is 220 g/mol. The lowest BCUT2D eigenvalue weighted by molar-refractivity contribution is -0.151. The van der Waals surface area contributed by atoms with Crippen LogP contribution in [0.15, 0.2) is 0 Å². The third-order valence-electron chi connectivity index (χ3n) is 3.23. The molecule has 2 unspecified atom stereocenters. The zero-order valence-electron chi connectivity index (χ0n) is 8.64. The number of hydrogen-bond acceptors (Lipinski definition) is 4. The highest BCUT2D eigenvalue weighted by molar-refractivity contribution is 7.92. The molecule has 1 aliphatic rings. The summed E-state index contributed by atoms with van der Waals surface area (Å²) >= 11 is 0. The van der Waals surface area contributed by atoms with Crippen molar-refractivity contribution in [2.75, 3.05) is 12.4 Å². The average molecular weight is 236 g/mol. The molecule has 0 aromatic carbocycles. The minimum Gasteiger partial charge on any atom is -0.481 e. The summed E-state index contributed by atoms with van der Waals surface area (Å²) in [5, 5.41) is 17.4. The van der Waals surface area contributed by atoms with Gasteiger partial charge in [0.05, 0.1) is 17.3 Å². The number of carboxylic acid groups (broad SMARTS) is 1. The summed E-state index contributed by atoms with van der Waals surface area (Å²) in [5.74, 6) is -1.07. The van der Waals surface area contributed by atoms with Crippen molar-refractivity contribution in [3.05, 3.63) is 0 Å². The molecule has 5 nitrogen and oxygen atoms in total. The first-order chi connectivity index (χ1) is 6.88. The quantitative estimate of drug-likeness (QED) is 0.719. The zero-order chi connectivity index (χ0) is 11.7. The summed E-state index contributed by atoms with van der Waals surface area (Å²) in [6.45, 7) is 1.06. The molecule has 1 aliphatic carbocycles. The average Bonchev–Trinajstić information content (AvgIpc) is 2.63. The molecule has 0 saturated heterocycles. The van der Waals surface area contributed by atoms with Gasteiger partial charge in [-0.05, 0) is 19.3 Å². The summed E-state index contributed by atoms with van der Waals surface area (Å²) in [7, 11) is -3.19. The molecule has 6 heteroatoms. The third kappa shape index (κ3) is 2.15. The maximum absolute atomic E-state index is 11.6. The largest absolute Gasteiger partial charge is 0.481 e. The van der Waals surface area contributed by atoms with Crippen LogP contribution in [0.4, 0.5) is 0 Å². The number of hydrogen-bond donors (Lipinski definition) is 2. The van der Waals surface area contributed by atoms with Crippen LogP contribution in [0.3, 0.4) is 0 Å². The van der Waals surface area contributed by atoms with Gasteiger partial charge in [-0.1, -0.05) is 6.92 Å². The van der Waals surface area contributed by atoms with E-state index in [9.17, 15) is 13.2 Å². The predicted molar refractivity (Wildman–Crippen MR) is 54.3 cm³/mol. The molecule has 0 aliphatic heterocycles. The van der Waals surface area contributed by atoms with Crippen molar-refractivity contribution in [3.63, 3.8) is 0 Å². The zero-order valence-corrected chi connectivity index (χ0v) is 9.46. The molecule has 2 atom stereocenters. The highest BCUT2D eigenvalue weighted by Crippen LogP contribution is 2.41. The van der Waals surface area contributed by atoms with E-state index < -0.39 is 33.1 Å². The van der Waals surface area contributed by atoms with Crippen LogP contribution in [0.5, 0.6) is 0 Å². The fourth-order valence-electron chi connectivity index (χ4n) is 2.02. The van der Waals surface area contributed by atoms with Crippen LogP contribution in [-0.2, 0) is 14.6 Å². The van der Waals surface area contributed by atoms with Crippen LogP contribution in [0.2, 0.25) is 0 Å². The van der Waals surface area contributed by atoms with E-state index in [-0.39, 0.29) is 18.6 Å². The number of carbonyl (C=O) groups is 1. The van der Waals surface area contributed by atoms with Gasteiger partial charge in [0.1, 0.15) is 0 Å². The molecule has 1 saturated carbocycles. The Morgan fingerprint density at radius 2 is 2.13 bits per heavy atom. The molecule has 0 bridgehead atoms. The van der Waals surface area contributed by atoms with E-state index in [1.165, 1.54) is 0 Å². The predicted octanol–water partition coefficient (Wildman–Crippen LogP) is 0.0369. The van der Waals surface area contributed by atoms with Gasteiger partial charge in [-0.15, -0.1) is 0 Å². The molecule has 0 heterocycles. The molecule has 0 aromatic heterocycles. The number of carboxylic acids is 1. The molecule has 0 spiro atoms. The Balaban J connectivity index is 2.87. The Labute approximate surface area is 89.0 Å². The monoisotopic (exact) mass is 236 g/mol.